The molecule has 1 aliphatic rings. The standard InChI is InChI=1S/C16H22O5/c1-12(2)15-19-10-16(11-20-15,21-13(3)17)9-18-14-7-5-4-6-8-14/h4-8,12,15H,9-11H2,1-3H3. The predicted molar refractivity (Wildman–Crippen MR) is 77.0 cm³/mol. The van der Waals surface area contributed by atoms with Gasteiger partial charge in [0.1, 0.15) is 12.4 Å². The van der Waals surface area contributed by atoms with E-state index >= 15 is 0 Å². The Morgan fingerprint density at radius 2 is 1.90 bits per heavy atom. The van der Waals surface area contributed by atoms with Gasteiger partial charge in [-0.05, 0) is 12.1 Å². The van der Waals surface area contributed by atoms with Gasteiger partial charge in [-0.1, -0.05) is 32.0 Å². The number of carbonyl (C=O) groups excluding carboxylic acids is 1. The third-order valence-electron chi connectivity index (χ3n) is 3.17. The molecule has 2 rings (SSSR count). The average Bonchev–Trinajstić information content (AvgIpc) is 2.46. The van der Waals surface area contributed by atoms with Crippen LogP contribution in [0.15, 0.2) is 30.3 Å². The fourth-order valence-electron chi connectivity index (χ4n) is 2.15. The largest absolute Gasteiger partial charge is 0.489 e. The fourth-order valence-corrected chi connectivity index (χ4v) is 2.15. The topological polar surface area (TPSA) is 54.0 Å². The zero-order valence-corrected chi connectivity index (χ0v) is 12.7. The fraction of sp³-hybridized carbons (Fsp3) is 0.562. The van der Waals surface area contributed by atoms with Gasteiger partial charge in [-0.3, -0.25) is 4.79 Å². The Labute approximate surface area is 125 Å². The van der Waals surface area contributed by atoms with Crippen molar-refractivity contribution >= 4 is 5.97 Å². The Kier molecular flexibility index (Phi) is 5.20. The molecule has 0 bridgehead atoms. The van der Waals surface area contributed by atoms with Crippen molar-refractivity contribution in [3.63, 3.8) is 0 Å². The molecule has 1 aromatic carbocycles. The molecule has 1 fully saturated rings. The minimum Gasteiger partial charge on any atom is -0.489 e. The minimum absolute atomic E-state index is 0.196. The maximum atomic E-state index is 11.4. The van der Waals surface area contributed by atoms with Crippen LogP contribution in [0, 0.1) is 5.92 Å². The van der Waals surface area contributed by atoms with Gasteiger partial charge in [0, 0.05) is 12.8 Å². The van der Waals surface area contributed by atoms with Crippen LogP contribution in [0.5, 0.6) is 5.75 Å². The van der Waals surface area contributed by atoms with E-state index in [4.69, 9.17) is 18.9 Å². The van der Waals surface area contributed by atoms with E-state index in [2.05, 4.69) is 0 Å². The molecule has 1 heterocycles. The van der Waals surface area contributed by atoms with Crippen molar-refractivity contribution in [3.8, 4) is 5.75 Å². The van der Waals surface area contributed by atoms with Crippen molar-refractivity contribution in [2.24, 2.45) is 5.92 Å². The summed E-state index contributed by atoms with van der Waals surface area (Å²) in [4.78, 5) is 11.4. The quantitative estimate of drug-likeness (QED) is 0.781. The summed E-state index contributed by atoms with van der Waals surface area (Å²) in [7, 11) is 0. The first-order chi connectivity index (χ1) is 10.0. The van der Waals surface area contributed by atoms with Crippen LogP contribution >= 0.6 is 0 Å². The molecule has 0 atom stereocenters. The van der Waals surface area contributed by atoms with Gasteiger partial charge in [-0.15, -0.1) is 0 Å². The van der Waals surface area contributed by atoms with Gasteiger partial charge in [-0.2, -0.15) is 0 Å². The molecule has 0 saturated carbocycles. The van der Waals surface area contributed by atoms with Gasteiger partial charge in [0.25, 0.3) is 0 Å². The SMILES string of the molecule is CC(=O)OC1(COc2ccccc2)COC(C(C)C)OC1. The van der Waals surface area contributed by atoms with Gasteiger partial charge in [0.2, 0.25) is 0 Å². The lowest BCUT2D eigenvalue weighted by Crippen LogP contribution is -2.54. The molecule has 5 heteroatoms. The number of hydrogen-bond acceptors (Lipinski definition) is 5. The normalized spacial score (nSPS) is 25.6. The van der Waals surface area contributed by atoms with Crippen LogP contribution in [-0.2, 0) is 19.0 Å². The Hall–Kier alpha value is -1.59. The average molecular weight is 294 g/mol. The van der Waals surface area contributed by atoms with E-state index in [1.54, 1.807) is 0 Å². The van der Waals surface area contributed by atoms with E-state index in [1.807, 2.05) is 44.2 Å². The van der Waals surface area contributed by atoms with E-state index in [-0.39, 0.29) is 38.0 Å². The van der Waals surface area contributed by atoms with Gasteiger partial charge in [-0.25, -0.2) is 0 Å². The Morgan fingerprint density at radius 3 is 2.43 bits per heavy atom. The lowest BCUT2D eigenvalue weighted by Gasteiger charge is -2.39. The molecule has 0 N–H and O–H groups in total. The molecular formula is C16H22O5. The Balaban J connectivity index is 1.99. The summed E-state index contributed by atoms with van der Waals surface area (Å²) in [5, 5.41) is 0. The highest BCUT2D eigenvalue weighted by Gasteiger charge is 2.41. The van der Waals surface area contributed by atoms with Crippen molar-refractivity contribution in [3.05, 3.63) is 30.3 Å². The lowest BCUT2D eigenvalue weighted by atomic mass is 10.1. The van der Waals surface area contributed by atoms with E-state index < -0.39 is 5.60 Å². The first-order valence-electron chi connectivity index (χ1n) is 7.11. The molecule has 0 aromatic heterocycles. The molecule has 1 aliphatic heterocycles. The van der Waals surface area contributed by atoms with Crippen LogP contribution in [0.25, 0.3) is 0 Å². The predicted octanol–water partition coefficient (Wildman–Crippen LogP) is 2.40. The van der Waals surface area contributed by atoms with E-state index in [1.165, 1.54) is 6.92 Å². The molecule has 0 aliphatic carbocycles. The maximum absolute atomic E-state index is 11.4. The first kappa shape index (κ1) is 15.8. The molecule has 0 unspecified atom stereocenters. The second-order valence-corrected chi connectivity index (χ2v) is 5.61. The summed E-state index contributed by atoms with van der Waals surface area (Å²) in [6.07, 6.45) is -0.273. The Bertz CT molecular complexity index is 449. The van der Waals surface area contributed by atoms with Gasteiger partial charge in [0.15, 0.2) is 11.9 Å². The van der Waals surface area contributed by atoms with Gasteiger partial charge in [0.05, 0.1) is 13.2 Å². The zero-order chi connectivity index (χ0) is 15.3. The summed E-state index contributed by atoms with van der Waals surface area (Å²) in [5.74, 6) is 0.590. The minimum atomic E-state index is -0.896. The smallest absolute Gasteiger partial charge is 0.303 e. The van der Waals surface area contributed by atoms with E-state index in [9.17, 15) is 4.79 Å². The number of esters is 1. The van der Waals surface area contributed by atoms with E-state index in [0.717, 1.165) is 5.75 Å². The molecule has 1 saturated heterocycles. The molecule has 0 radical (unpaired) electrons. The number of para-hydroxylation sites is 1. The highest BCUT2D eigenvalue weighted by molar-refractivity contribution is 5.66. The number of hydrogen-bond donors (Lipinski definition) is 0. The van der Waals surface area contributed by atoms with Crippen LogP contribution in [0.2, 0.25) is 0 Å². The summed E-state index contributed by atoms with van der Waals surface area (Å²) < 4.78 is 22.5. The molecule has 5 nitrogen and oxygen atoms in total. The molecule has 0 amide bonds. The summed E-state index contributed by atoms with van der Waals surface area (Å²) in [6, 6.07) is 9.38. The summed E-state index contributed by atoms with van der Waals surface area (Å²) in [6.45, 7) is 6.14. The maximum Gasteiger partial charge on any atom is 0.303 e. The molecule has 1 aromatic rings. The van der Waals surface area contributed by atoms with Crippen LogP contribution in [0.1, 0.15) is 20.8 Å². The number of rotatable bonds is 5. The number of carbonyl (C=O) groups is 1. The van der Waals surface area contributed by atoms with Crippen molar-refractivity contribution < 1.29 is 23.7 Å². The van der Waals surface area contributed by atoms with E-state index in [0.29, 0.717) is 0 Å². The Morgan fingerprint density at radius 1 is 1.29 bits per heavy atom. The van der Waals surface area contributed by atoms with Crippen LogP contribution in [0.4, 0.5) is 0 Å². The van der Waals surface area contributed by atoms with Crippen LogP contribution in [-0.4, -0.2) is 37.7 Å². The van der Waals surface area contributed by atoms with Gasteiger partial charge < -0.3 is 18.9 Å². The van der Waals surface area contributed by atoms with Crippen LogP contribution in [0.3, 0.4) is 0 Å². The van der Waals surface area contributed by atoms with Crippen LogP contribution < -0.4 is 4.74 Å². The monoisotopic (exact) mass is 294 g/mol. The highest BCUT2D eigenvalue weighted by atomic mass is 16.7. The lowest BCUT2D eigenvalue weighted by molar-refractivity contribution is -0.276. The summed E-state index contributed by atoms with van der Waals surface area (Å²) in [5.41, 5.74) is -0.896. The molecule has 21 heavy (non-hydrogen) atoms. The number of ether oxygens (including phenoxy) is 4. The first-order valence-corrected chi connectivity index (χ1v) is 7.11. The van der Waals surface area contributed by atoms with Crippen molar-refractivity contribution in [1.82, 2.24) is 0 Å². The zero-order valence-electron chi connectivity index (χ0n) is 12.7. The van der Waals surface area contributed by atoms with Crippen molar-refractivity contribution in [2.45, 2.75) is 32.7 Å². The molecule has 0 spiro atoms. The van der Waals surface area contributed by atoms with Gasteiger partial charge >= 0.3 is 5.97 Å². The van der Waals surface area contributed by atoms with Crippen molar-refractivity contribution in [2.75, 3.05) is 19.8 Å². The second-order valence-electron chi connectivity index (χ2n) is 5.61. The third kappa shape index (κ3) is 4.44. The summed E-state index contributed by atoms with van der Waals surface area (Å²) >= 11 is 0. The molecular weight excluding hydrogens is 272 g/mol. The second kappa shape index (κ2) is 6.91. The highest BCUT2D eigenvalue weighted by Crippen LogP contribution is 2.25. The third-order valence-corrected chi connectivity index (χ3v) is 3.17. The molecule has 116 valence electrons. The number of benzene rings is 1. The van der Waals surface area contributed by atoms with Crippen molar-refractivity contribution in [1.29, 1.82) is 0 Å².